The van der Waals surface area contributed by atoms with E-state index in [1.807, 2.05) is 46.8 Å². The maximum absolute atomic E-state index is 5.28. The molecule has 0 aliphatic rings. The molecule has 0 amide bonds. The molecule has 1 aromatic heterocycles. The molecule has 0 radical (unpaired) electrons. The average Bonchev–Trinajstić information content (AvgIpc) is 2.50. The highest BCUT2D eigenvalue weighted by molar-refractivity contribution is 5.85. The normalized spacial score (nSPS) is 9.00. The Labute approximate surface area is 122 Å². The minimum absolute atomic E-state index is 0.715. The fourth-order valence-electron chi connectivity index (χ4n) is 1.89. The Morgan fingerprint density at radius 2 is 1.30 bits per heavy atom. The third kappa shape index (κ3) is 4.12. The lowest BCUT2D eigenvalue weighted by Crippen LogP contribution is -1.93. The highest BCUT2D eigenvalue weighted by Gasteiger charge is 2.08. The van der Waals surface area contributed by atoms with Crippen molar-refractivity contribution in [3.63, 3.8) is 0 Å². The lowest BCUT2D eigenvalue weighted by molar-refractivity contribution is 0.356. The molecule has 0 N–H and O–H groups in total. The van der Waals surface area contributed by atoms with Crippen molar-refractivity contribution < 1.29 is 9.47 Å². The molecule has 0 bridgehead atoms. The fraction of sp³-hybridized carbons (Fsp3) is 0.471. The van der Waals surface area contributed by atoms with Crippen molar-refractivity contribution in [2.45, 2.75) is 41.5 Å². The Kier molecular flexibility index (Phi) is 8.37. The van der Waals surface area contributed by atoms with E-state index in [-0.39, 0.29) is 0 Å². The van der Waals surface area contributed by atoms with Crippen LogP contribution in [0.25, 0.3) is 10.9 Å². The first kappa shape index (κ1) is 18.2. The van der Waals surface area contributed by atoms with Crippen molar-refractivity contribution in [1.82, 2.24) is 4.98 Å². The molecular weight excluding hydrogens is 250 g/mol. The van der Waals surface area contributed by atoms with Gasteiger partial charge in [-0.25, -0.2) is 0 Å². The molecular formula is C17H27NO2. The lowest BCUT2D eigenvalue weighted by atomic mass is 10.1. The van der Waals surface area contributed by atoms with Crippen molar-refractivity contribution in [3.05, 3.63) is 29.5 Å². The first-order chi connectivity index (χ1) is 9.65. The van der Waals surface area contributed by atoms with Crippen molar-refractivity contribution in [2.24, 2.45) is 0 Å². The van der Waals surface area contributed by atoms with Gasteiger partial charge in [0.15, 0.2) is 11.5 Å². The van der Waals surface area contributed by atoms with E-state index in [1.54, 1.807) is 14.2 Å². The summed E-state index contributed by atoms with van der Waals surface area (Å²) in [5.74, 6) is 1.45. The molecule has 1 aromatic carbocycles. The monoisotopic (exact) mass is 277 g/mol. The van der Waals surface area contributed by atoms with E-state index in [0.717, 1.165) is 22.3 Å². The van der Waals surface area contributed by atoms with Crippen molar-refractivity contribution in [3.8, 4) is 11.5 Å². The number of hydrogen-bond donors (Lipinski definition) is 0. The Morgan fingerprint density at radius 1 is 0.800 bits per heavy atom. The molecule has 0 atom stereocenters. The Morgan fingerprint density at radius 3 is 1.80 bits per heavy atom. The molecule has 1 heterocycles. The van der Waals surface area contributed by atoms with E-state index < -0.39 is 0 Å². The highest BCUT2D eigenvalue weighted by Crippen LogP contribution is 2.32. The summed E-state index contributed by atoms with van der Waals surface area (Å²) in [5, 5.41) is 1.10. The van der Waals surface area contributed by atoms with Gasteiger partial charge in [-0.05, 0) is 31.5 Å². The first-order valence-electron chi connectivity index (χ1n) is 7.15. The Balaban J connectivity index is 0.000000829. The predicted octanol–water partition coefficient (Wildman–Crippen LogP) is 4.92. The number of hydrogen-bond acceptors (Lipinski definition) is 3. The molecule has 0 spiro atoms. The molecule has 0 aliphatic heterocycles. The van der Waals surface area contributed by atoms with Crippen LogP contribution in [-0.2, 0) is 0 Å². The maximum Gasteiger partial charge on any atom is 0.162 e. The summed E-state index contributed by atoms with van der Waals surface area (Å²) in [4.78, 5) is 4.48. The summed E-state index contributed by atoms with van der Waals surface area (Å²) in [7, 11) is 3.27. The number of fused-ring (bicyclic) bond motifs is 1. The second kappa shape index (κ2) is 9.18. The minimum atomic E-state index is 0.715. The maximum atomic E-state index is 5.28. The van der Waals surface area contributed by atoms with Gasteiger partial charge >= 0.3 is 0 Å². The number of methoxy groups -OCH3 is 2. The molecule has 0 saturated heterocycles. The summed E-state index contributed by atoms with van der Waals surface area (Å²) in [6.45, 7) is 12.1. The predicted molar refractivity (Wildman–Crippen MR) is 87.0 cm³/mol. The lowest BCUT2D eigenvalue weighted by Gasteiger charge is -2.10. The van der Waals surface area contributed by atoms with E-state index in [0.29, 0.717) is 5.75 Å². The van der Waals surface area contributed by atoms with Crippen LogP contribution in [0.4, 0.5) is 0 Å². The Bertz CT molecular complexity index is 536. The second-order valence-corrected chi connectivity index (χ2v) is 3.80. The summed E-state index contributed by atoms with van der Waals surface area (Å²) in [6.07, 6.45) is 0. The largest absolute Gasteiger partial charge is 0.493 e. The molecule has 0 unspecified atom stereocenters. The summed E-state index contributed by atoms with van der Waals surface area (Å²) < 4.78 is 10.5. The van der Waals surface area contributed by atoms with Crippen LogP contribution < -0.4 is 9.47 Å². The molecule has 20 heavy (non-hydrogen) atoms. The molecule has 112 valence electrons. The van der Waals surface area contributed by atoms with Crippen LogP contribution in [0.1, 0.15) is 39.0 Å². The van der Waals surface area contributed by atoms with Crippen molar-refractivity contribution in [2.75, 3.05) is 14.2 Å². The van der Waals surface area contributed by atoms with Crippen LogP contribution in [0.15, 0.2) is 18.2 Å². The number of nitrogens with zero attached hydrogens (tertiary/aromatic N) is 1. The van der Waals surface area contributed by atoms with Gasteiger partial charge in [-0.2, -0.15) is 0 Å². The van der Waals surface area contributed by atoms with Crippen LogP contribution in [0, 0.1) is 13.8 Å². The van der Waals surface area contributed by atoms with Crippen LogP contribution in [-0.4, -0.2) is 19.2 Å². The van der Waals surface area contributed by atoms with Gasteiger partial charge in [0.25, 0.3) is 0 Å². The zero-order valence-electron chi connectivity index (χ0n) is 14.0. The van der Waals surface area contributed by atoms with Gasteiger partial charge < -0.3 is 9.47 Å². The molecule has 2 aromatic rings. The van der Waals surface area contributed by atoms with Gasteiger partial charge in [-0.15, -0.1) is 0 Å². The summed E-state index contributed by atoms with van der Waals surface area (Å²) in [5.41, 5.74) is 3.15. The quantitative estimate of drug-likeness (QED) is 0.780. The van der Waals surface area contributed by atoms with E-state index in [2.05, 4.69) is 18.0 Å². The number of aromatic nitrogens is 1. The number of benzene rings is 1. The zero-order valence-corrected chi connectivity index (χ0v) is 14.0. The highest BCUT2D eigenvalue weighted by atomic mass is 16.5. The summed E-state index contributed by atoms with van der Waals surface area (Å²) in [6, 6.07) is 5.94. The molecule has 3 nitrogen and oxygen atoms in total. The molecule has 0 saturated carbocycles. The van der Waals surface area contributed by atoms with Crippen molar-refractivity contribution >= 4 is 10.9 Å². The SMILES string of the molecule is CC.CC.COc1cc2nc(C)cc(C)c2cc1OC. The van der Waals surface area contributed by atoms with Gasteiger partial charge in [0, 0.05) is 17.1 Å². The molecule has 0 aliphatic carbocycles. The summed E-state index contributed by atoms with van der Waals surface area (Å²) >= 11 is 0. The third-order valence-electron chi connectivity index (χ3n) is 2.65. The van der Waals surface area contributed by atoms with E-state index in [4.69, 9.17) is 9.47 Å². The second-order valence-electron chi connectivity index (χ2n) is 3.80. The minimum Gasteiger partial charge on any atom is -0.493 e. The van der Waals surface area contributed by atoms with Crippen LogP contribution >= 0.6 is 0 Å². The number of pyridine rings is 1. The zero-order chi connectivity index (χ0) is 15.7. The molecule has 0 fully saturated rings. The van der Waals surface area contributed by atoms with Gasteiger partial charge in [0.05, 0.1) is 19.7 Å². The van der Waals surface area contributed by atoms with E-state index in [1.165, 1.54) is 5.56 Å². The average molecular weight is 277 g/mol. The van der Waals surface area contributed by atoms with E-state index in [9.17, 15) is 0 Å². The fourth-order valence-corrected chi connectivity index (χ4v) is 1.89. The van der Waals surface area contributed by atoms with Gasteiger partial charge in [-0.1, -0.05) is 27.7 Å². The first-order valence-corrected chi connectivity index (χ1v) is 7.15. The Hall–Kier alpha value is -1.77. The van der Waals surface area contributed by atoms with Gasteiger partial charge in [0.1, 0.15) is 0 Å². The molecule has 3 heteroatoms. The van der Waals surface area contributed by atoms with E-state index >= 15 is 0 Å². The number of ether oxygens (including phenoxy) is 2. The number of aryl methyl sites for hydroxylation is 2. The smallest absolute Gasteiger partial charge is 0.162 e. The number of rotatable bonds is 2. The van der Waals surface area contributed by atoms with Gasteiger partial charge in [-0.3, -0.25) is 4.98 Å². The van der Waals surface area contributed by atoms with Crippen LogP contribution in [0.5, 0.6) is 11.5 Å². The topological polar surface area (TPSA) is 31.4 Å². The van der Waals surface area contributed by atoms with Crippen LogP contribution in [0.3, 0.4) is 0 Å². The van der Waals surface area contributed by atoms with Crippen LogP contribution in [0.2, 0.25) is 0 Å². The van der Waals surface area contributed by atoms with Crippen molar-refractivity contribution in [1.29, 1.82) is 0 Å². The molecule has 2 rings (SSSR count). The third-order valence-corrected chi connectivity index (χ3v) is 2.65. The van der Waals surface area contributed by atoms with Gasteiger partial charge in [0.2, 0.25) is 0 Å². The standard InChI is InChI=1S/C13H15NO2.2C2H6/c1-8-5-9(2)14-11-7-13(16-4)12(15-3)6-10(8)11;2*1-2/h5-7H,1-4H3;2*1-2H3.